The zero-order valence-corrected chi connectivity index (χ0v) is 31.2. The lowest BCUT2D eigenvalue weighted by atomic mass is 10.0. The molecule has 58 heavy (non-hydrogen) atoms. The van der Waals surface area contributed by atoms with Crippen LogP contribution in [0.4, 0.5) is 17.1 Å². The largest absolute Gasteiger partial charge is 0.456 e. The summed E-state index contributed by atoms with van der Waals surface area (Å²) in [7, 11) is 0. The number of hydrogen-bond donors (Lipinski definition) is 0. The predicted octanol–water partition coefficient (Wildman–Crippen LogP) is 13.6. The summed E-state index contributed by atoms with van der Waals surface area (Å²) in [6.45, 7) is 0. The second-order valence-electron chi connectivity index (χ2n) is 14.3. The first-order chi connectivity index (χ1) is 28.7. The van der Waals surface area contributed by atoms with Crippen LogP contribution in [0.1, 0.15) is 0 Å². The molecule has 6 heteroatoms. The molecular weight excluding hydrogens is 711 g/mol. The van der Waals surface area contributed by atoms with E-state index in [1.165, 1.54) is 0 Å². The van der Waals surface area contributed by atoms with E-state index >= 15 is 0 Å². The van der Waals surface area contributed by atoms with Gasteiger partial charge < -0.3 is 9.32 Å². The fraction of sp³-hybridized carbons (Fsp3) is 0. The van der Waals surface area contributed by atoms with Crippen LogP contribution in [0, 0.1) is 0 Å². The van der Waals surface area contributed by atoms with Gasteiger partial charge in [-0.15, -0.1) is 0 Å². The average molecular weight is 744 g/mol. The van der Waals surface area contributed by atoms with Crippen LogP contribution in [0.5, 0.6) is 0 Å². The highest BCUT2D eigenvalue weighted by Gasteiger charge is 2.17. The van der Waals surface area contributed by atoms with E-state index in [0.717, 1.165) is 106 Å². The molecule has 5 heterocycles. The fourth-order valence-corrected chi connectivity index (χ4v) is 7.84. The average Bonchev–Trinajstić information content (AvgIpc) is 3.68. The van der Waals surface area contributed by atoms with Crippen LogP contribution >= 0.6 is 0 Å². The van der Waals surface area contributed by atoms with Crippen LogP contribution < -0.4 is 4.90 Å². The van der Waals surface area contributed by atoms with Crippen molar-refractivity contribution < 1.29 is 4.42 Å². The molecule has 11 rings (SSSR count). The minimum Gasteiger partial charge on any atom is -0.456 e. The first kappa shape index (κ1) is 33.4. The summed E-state index contributed by atoms with van der Waals surface area (Å²) < 4.78 is 6.19. The van der Waals surface area contributed by atoms with Crippen molar-refractivity contribution in [1.29, 1.82) is 0 Å². The summed E-state index contributed by atoms with van der Waals surface area (Å²) in [6.07, 6.45) is 3.74. The summed E-state index contributed by atoms with van der Waals surface area (Å²) in [5.41, 5.74) is 15.4. The van der Waals surface area contributed by atoms with Crippen LogP contribution in [-0.2, 0) is 0 Å². The Morgan fingerprint density at radius 3 is 1.78 bits per heavy atom. The Kier molecular flexibility index (Phi) is 8.04. The molecule has 0 saturated carbocycles. The summed E-state index contributed by atoms with van der Waals surface area (Å²) in [5, 5.41) is 3.21. The molecule has 0 bridgehead atoms. The zero-order valence-electron chi connectivity index (χ0n) is 31.2. The van der Waals surface area contributed by atoms with Crippen molar-refractivity contribution in [2.45, 2.75) is 0 Å². The standard InChI is InChI=1S/C52H33N5O/c1-2-9-34(10-3-1)43-31-49(56-47-14-8-30-53-52(43)47)38-20-27-41(28-21-38)57(39-23-16-36(17-24-39)46-29-22-35-11-4-6-13-45(35)55-46)40-25-18-37(19-26-40)48-32-51-44(33-54-48)42-12-5-7-15-50(42)58-51/h1-33H. The van der Waals surface area contributed by atoms with Crippen molar-refractivity contribution in [2.75, 3.05) is 4.90 Å². The Balaban J connectivity index is 0.974. The van der Waals surface area contributed by atoms with E-state index in [4.69, 9.17) is 24.4 Å². The van der Waals surface area contributed by atoms with Crippen molar-refractivity contribution in [3.05, 3.63) is 200 Å². The third kappa shape index (κ3) is 6.01. The van der Waals surface area contributed by atoms with Gasteiger partial charge in [0.05, 0.1) is 33.6 Å². The molecule has 6 aromatic carbocycles. The third-order valence-electron chi connectivity index (χ3n) is 10.8. The molecule has 0 aliphatic carbocycles. The number of benzene rings is 6. The minimum atomic E-state index is 0.825. The lowest BCUT2D eigenvalue weighted by molar-refractivity contribution is 0.668. The number of pyridine rings is 4. The summed E-state index contributed by atoms with van der Waals surface area (Å²) in [6, 6.07) is 64.8. The van der Waals surface area contributed by atoms with E-state index in [-0.39, 0.29) is 0 Å². The van der Waals surface area contributed by atoms with E-state index in [0.29, 0.717) is 0 Å². The lowest BCUT2D eigenvalue weighted by Crippen LogP contribution is -2.10. The van der Waals surface area contributed by atoms with E-state index in [1.54, 1.807) is 0 Å². The molecule has 0 fully saturated rings. The normalized spacial score (nSPS) is 11.4. The monoisotopic (exact) mass is 743 g/mol. The molecule has 0 spiro atoms. The Hall–Kier alpha value is -7.96. The van der Waals surface area contributed by atoms with E-state index in [9.17, 15) is 0 Å². The first-order valence-corrected chi connectivity index (χ1v) is 19.3. The van der Waals surface area contributed by atoms with Gasteiger partial charge in [0.15, 0.2) is 0 Å². The van der Waals surface area contributed by atoms with Crippen molar-refractivity contribution in [2.24, 2.45) is 0 Å². The number of nitrogens with zero attached hydrogens (tertiary/aromatic N) is 5. The SMILES string of the molecule is c1ccc(-c2cc(-c3ccc(N(c4ccc(-c5cc6oc7ccccc7c6cn5)cc4)c4ccc(-c5ccc6ccccc6n5)cc4)cc3)nc3cccnc23)cc1. The van der Waals surface area contributed by atoms with Gasteiger partial charge in [-0.2, -0.15) is 0 Å². The predicted molar refractivity (Wildman–Crippen MR) is 236 cm³/mol. The van der Waals surface area contributed by atoms with Gasteiger partial charge in [0, 0.05) is 73.9 Å². The number of furan rings is 1. The first-order valence-electron chi connectivity index (χ1n) is 19.3. The van der Waals surface area contributed by atoms with Gasteiger partial charge >= 0.3 is 0 Å². The quantitative estimate of drug-likeness (QED) is 0.162. The fourth-order valence-electron chi connectivity index (χ4n) is 7.84. The Morgan fingerprint density at radius 2 is 1.02 bits per heavy atom. The van der Waals surface area contributed by atoms with Crippen molar-refractivity contribution in [3.8, 4) is 44.9 Å². The zero-order chi connectivity index (χ0) is 38.4. The molecule has 11 aromatic rings. The second kappa shape index (κ2) is 14.0. The summed E-state index contributed by atoms with van der Waals surface area (Å²) in [4.78, 5) is 21.8. The van der Waals surface area contributed by atoms with Crippen molar-refractivity contribution in [3.63, 3.8) is 0 Å². The highest BCUT2D eigenvalue weighted by atomic mass is 16.3. The van der Waals surface area contributed by atoms with Gasteiger partial charge in [0.2, 0.25) is 0 Å². The molecule has 0 unspecified atom stereocenters. The van der Waals surface area contributed by atoms with Crippen LogP contribution in [0.25, 0.3) is 88.8 Å². The molecule has 0 aliphatic heterocycles. The van der Waals surface area contributed by atoms with Gasteiger partial charge in [-0.3, -0.25) is 9.97 Å². The van der Waals surface area contributed by atoms with Gasteiger partial charge in [-0.25, -0.2) is 9.97 Å². The number of aromatic nitrogens is 4. The molecular formula is C52H33N5O. The van der Waals surface area contributed by atoms with Gasteiger partial charge in [-0.1, -0.05) is 109 Å². The number of fused-ring (bicyclic) bond motifs is 5. The van der Waals surface area contributed by atoms with Crippen LogP contribution in [0.2, 0.25) is 0 Å². The van der Waals surface area contributed by atoms with Crippen molar-refractivity contribution in [1.82, 2.24) is 19.9 Å². The minimum absolute atomic E-state index is 0.825. The van der Waals surface area contributed by atoms with Crippen LogP contribution in [0.15, 0.2) is 205 Å². The highest BCUT2D eigenvalue weighted by molar-refractivity contribution is 6.05. The molecule has 272 valence electrons. The molecule has 0 amide bonds. The molecule has 6 nitrogen and oxygen atoms in total. The number of anilines is 3. The van der Waals surface area contributed by atoms with Crippen molar-refractivity contribution >= 4 is 60.9 Å². The van der Waals surface area contributed by atoms with Gasteiger partial charge in [0.25, 0.3) is 0 Å². The number of rotatable bonds is 7. The molecule has 0 N–H and O–H groups in total. The van der Waals surface area contributed by atoms with E-state index < -0.39 is 0 Å². The summed E-state index contributed by atoms with van der Waals surface area (Å²) in [5.74, 6) is 0. The maximum absolute atomic E-state index is 6.19. The Bertz CT molecular complexity index is 3270. The topological polar surface area (TPSA) is 67.9 Å². The molecule has 5 aromatic heterocycles. The van der Waals surface area contributed by atoms with Crippen LogP contribution in [0.3, 0.4) is 0 Å². The lowest BCUT2D eigenvalue weighted by Gasteiger charge is -2.26. The van der Waals surface area contributed by atoms with E-state index in [2.05, 4.69) is 138 Å². The molecule has 0 saturated heterocycles. The highest BCUT2D eigenvalue weighted by Crippen LogP contribution is 2.39. The van der Waals surface area contributed by atoms with Crippen LogP contribution in [-0.4, -0.2) is 19.9 Å². The second-order valence-corrected chi connectivity index (χ2v) is 14.3. The maximum atomic E-state index is 6.19. The van der Waals surface area contributed by atoms with E-state index in [1.807, 2.05) is 67.0 Å². The Labute approximate surface area is 334 Å². The maximum Gasteiger partial charge on any atom is 0.139 e. The molecule has 0 atom stereocenters. The molecule has 0 radical (unpaired) electrons. The van der Waals surface area contributed by atoms with Gasteiger partial charge in [0.1, 0.15) is 11.2 Å². The Morgan fingerprint density at radius 1 is 0.397 bits per heavy atom. The number of para-hydroxylation sites is 2. The summed E-state index contributed by atoms with van der Waals surface area (Å²) >= 11 is 0. The molecule has 0 aliphatic rings. The third-order valence-corrected chi connectivity index (χ3v) is 10.8. The smallest absolute Gasteiger partial charge is 0.139 e. The van der Waals surface area contributed by atoms with Gasteiger partial charge in [-0.05, 0) is 78.4 Å². The number of hydrogen-bond acceptors (Lipinski definition) is 6.